The standard InChI is InChI=1S/C8H18N2O3S2/c1-7(8(9)14)10(2)15(11,12)6-4-5-13-3/h7H,4-6H2,1-3H3,(H2,9,14). The molecule has 0 radical (unpaired) electrons. The fourth-order valence-corrected chi connectivity index (χ4v) is 2.54. The van der Waals surface area contributed by atoms with E-state index in [2.05, 4.69) is 0 Å². The van der Waals surface area contributed by atoms with Crippen molar-refractivity contribution in [1.29, 1.82) is 0 Å². The maximum Gasteiger partial charge on any atom is 0.214 e. The molecule has 0 saturated heterocycles. The minimum absolute atomic E-state index is 0.0459. The van der Waals surface area contributed by atoms with Crippen LogP contribution in [0.3, 0.4) is 0 Å². The van der Waals surface area contributed by atoms with Gasteiger partial charge in [0.05, 0.1) is 16.8 Å². The molecule has 0 bridgehead atoms. The third-order valence-corrected chi connectivity index (χ3v) is 4.49. The summed E-state index contributed by atoms with van der Waals surface area (Å²) in [5.74, 6) is 0.0459. The highest BCUT2D eigenvalue weighted by Crippen LogP contribution is 2.06. The van der Waals surface area contributed by atoms with E-state index in [1.807, 2.05) is 0 Å². The van der Waals surface area contributed by atoms with Crippen molar-refractivity contribution in [2.75, 3.05) is 26.5 Å². The van der Waals surface area contributed by atoms with E-state index >= 15 is 0 Å². The van der Waals surface area contributed by atoms with Gasteiger partial charge in [-0.2, -0.15) is 4.31 Å². The molecule has 7 heteroatoms. The monoisotopic (exact) mass is 254 g/mol. The summed E-state index contributed by atoms with van der Waals surface area (Å²) in [6.07, 6.45) is 0.466. The Kier molecular flexibility index (Phi) is 6.26. The number of nitrogens with two attached hydrogens (primary N) is 1. The van der Waals surface area contributed by atoms with Crippen LogP contribution >= 0.6 is 12.2 Å². The Labute approximate surface area is 96.6 Å². The molecule has 0 aliphatic carbocycles. The number of ether oxygens (including phenoxy) is 1. The van der Waals surface area contributed by atoms with Crippen LogP contribution in [0.15, 0.2) is 0 Å². The van der Waals surface area contributed by atoms with Crippen LogP contribution in [0.4, 0.5) is 0 Å². The fraction of sp³-hybridized carbons (Fsp3) is 0.875. The number of hydrogen-bond acceptors (Lipinski definition) is 4. The van der Waals surface area contributed by atoms with Crippen molar-refractivity contribution in [2.24, 2.45) is 5.73 Å². The number of methoxy groups -OCH3 is 1. The van der Waals surface area contributed by atoms with Gasteiger partial charge in [0.15, 0.2) is 0 Å². The lowest BCUT2D eigenvalue weighted by atomic mass is 10.3. The first-order chi connectivity index (χ1) is 6.83. The van der Waals surface area contributed by atoms with Crippen LogP contribution in [0.25, 0.3) is 0 Å². The molecule has 1 unspecified atom stereocenters. The molecule has 2 N–H and O–H groups in total. The lowest BCUT2D eigenvalue weighted by Crippen LogP contribution is -2.43. The Bertz CT molecular complexity index is 303. The zero-order valence-electron chi connectivity index (χ0n) is 9.26. The predicted molar refractivity (Wildman–Crippen MR) is 64.3 cm³/mol. The van der Waals surface area contributed by atoms with Gasteiger partial charge in [0.2, 0.25) is 10.0 Å². The first kappa shape index (κ1) is 14.8. The molecule has 90 valence electrons. The minimum Gasteiger partial charge on any atom is -0.392 e. The van der Waals surface area contributed by atoms with Crippen molar-refractivity contribution in [2.45, 2.75) is 19.4 Å². The summed E-state index contributed by atoms with van der Waals surface area (Å²) in [6, 6.07) is -0.451. The van der Waals surface area contributed by atoms with Crippen LogP contribution in [-0.4, -0.2) is 50.3 Å². The van der Waals surface area contributed by atoms with E-state index in [1.54, 1.807) is 6.92 Å². The second kappa shape index (κ2) is 6.37. The summed E-state index contributed by atoms with van der Waals surface area (Å²) in [7, 11) is -0.277. The highest BCUT2D eigenvalue weighted by Gasteiger charge is 2.24. The molecular weight excluding hydrogens is 236 g/mol. The normalized spacial score (nSPS) is 14.1. The van der Waals surface area contributed by atoms with Crippen LogP contribution in [0.1, 0.15) is 13.3 Å². The summed E-state index contributed by atoms with van der Waals surface area (Å²) in [5, 5.41) is 0. The highest BCUT2D eigenvalue weighted by atomic mass is 32.2. The second-order valence-corrected chi connectivity index (χ2v) is 5.88. The first-order valence-corrected chi connectivity index (χ1v) is 6.58. The number of rotatable bonds is 7. The van der Waals surface area contributed by atoms with E-state index in [4.69, 9.17) is 22.7 Å². The van der Waals surface area contributed by atoms with Crippen molar-refractivity contribution >= 4 is 27.2 Å². The Morgan fingerprint density at radius 1 is 1.60 bits per heavy atom. The Morgan fingerprint density at radius 2 is 2.13 bits per heavy atom. The van der Waals surface area contributed by atoms with Crippen LogP contribution in [-0.2, 0) is 14.8 Å². The van der Waals surface area contributed by atoms with Crippen LogP contribution in [0.2, 0.25) is 0 Å². The molecule has 0 aliphatic rings. The van der Waals surface area contributed by atoms with Gasteiger partial charge in [-0.1, -0.05) is 12.2 Å². The number of nitrogens with zero attached hydrogens (tertiary/aromatic N) is 1. The van der Waals surface area contributed by atoms with E-state index in [0.717, 1.165) is 0 Å². The third-order valence-electron chi connectivity index (χ3n) is 2.15. The Hall–Kier alpha value is -0.240. The van der Waals surface area contributed by atoms with Crippen molar-refractivity contribution in [1.82, 2.24) is 4.31 Å². The van der Waals surface area contributed by atoms with Gasteiger partial charge in [-0.3, -0.25) is 0 Å². The zero-order chi connectivity index (χ0) is 12.1. The van der Waals surface area contributed by atoms with E-state index in [-0.39, 0.29) is 10.7 Å². The first-order valence-electron chi connectivity index (χ1n) is 4.57. The SMILES string of the molecule is COCCCS(=O)(=O)N(C)C(C)C(N)=S. The van der Waals surface area contributed by atoms with E-state index in [1.165, 1.54) is 18.5 Å². The van der Waals surface area contributed by atoms with Crippen molar-refractivity contribution in [3.8, 4) is 0 Å². The average Bonchev–Trinajstić information content (AvgIpc) is 2.15. The van der Waals surface area contributed by atoms with E-state index < -0.39 is 16.1 Å². The molecule has 0 saturated carbocycles. The maximum absolute atomic E-state index is 11.7. The van der Waals surface area contributed by atoms with E-state index in [0.29, 0.717) is 13.0 Å². The smallest absolute Gasteiger partial charge is 0.214 e. The van der Waals surface area contributed by atoms with Gasteiger partial charge >= 0.3 is 0 Å². The summed E-state index contributed by atoms with van der Waals surface area (Å²) in [5.41, 5.74) is 5.39. The van der Waals surface area contributed by atoms with Crippen LogP contribution < -0.4 is 5.73 Å². The topological polar surface area (TPSA) is 72.6 Å². The summed E-state index contributed by atoms with van der Waals surface area (Å²) < 4.78 is 29.4. The van der Waals surface area contributed by atoms with Crippen LogP contribution in [0.5, 0.6) is 0 Å². The van der Waals surface area contributed by atoms with E-state index in [9.17, 15) is 8.42 Å². The van der Waals surface area contributed by atoms with Gasteiger partial charge in [-0.05, 0) is 13.3 Å². The summed E-state index contributed by atoms with van der Waals surface area (Å²) in [6.45, 7) is 2.09. The molecule has 0 aromatic heterocycles. The summed E-state index contributed by atoms with van der Waals surface area (Å²) in [4.78, 5) is 0.174. The molecule has 0 aliphatic heterocycles. The molecule has 0 spiro atoms. The molecule has 15 heavy (non-hydrogen) atoms. The molecule has 0 heterocycles. The fourth-order valence-electron chi connectivity index (χ4n) is 0.950. The predicted octanol–water partition coefficient (Wildman–Crippen LogP) is -0.0409. The van der Waals surface area contributed by atoms with Crippen molar-refractivity contribution in [3.05, 3.63) is 0 Å². The Morgan fingerprint density at radius 3 is 2.53 bits per heavy atom. The number of thiocarbonyl (C=S) groups is 1. The third kappa shape index (κ3) is 4.87. The van der Waals surface area contributed by atoms with Crippen molar-refractivity contribution in [3.63, 3.8) is 0 Å². The maximum atomic E-state index is 11.7. The number of likely N-dealkylation sites (N-methyl/N-ethyl adjacent to an activating group) is 1. The number of hydrogen-bond donors (Lipinski definition) is 1. The molecular formula is C8H18N2O3S2. The molecule has 0 rings (SSSR count). The molecule has 0 amide bonds. The quantitative estimate of drug-likeness (QED) is 0.510. The zero-order valence-corrected chi connectivity index (χ0v) is 10.9. The average molecular weight is 254 g/mol. The molecule has 1 atom stereocenters. The van der Waals surface area contributed by atoms with Gasteiger partial charge in [-0.25, -0.2) is 8.42 Å². The van der Waals surface area contributed by atoms with Gasteiger partial charge in [0.25, 0.3) is 0 Å². The van der Waals surface area contributed by atoms with Gasteiger partial charge in [-0.15, -0.1) is 0 Å². The van der Waals surface area contributed by atoms with Crippen molar-refractivity contribution < 1.29 is 13.2 Å². The molecule has 0 aromatic rings. The number of sulfonamides is 1. The molecule has 5 nitrogen and oxygen atoms in total. The van der Waals surface area contributed by atoms with Gasteiger partial charge < -0.3 is 10.5 Å². The Balaban J connectivity index is 4.39. The second-order valence-electron chi connectivity index (χ2n) is 3.26. The lowest BCUT2D eigenvalue weighted by Gasteiger charge is -2.23. The lowest BCUT2D eigenvalue weighted by molar-refractivity contribution is 0.199. The molecule has 0 aromatic carbocycles. The highest BCUT2D eigenvalue weighted by molar-refractivity contribution is 7.89. The van der Waals surface area contributed by atoms with Crippen LogP contribution in [0, 0.1) is 0 Å². The minimum atomic E-state index is -3.29. The van der Waals surface area contributed by atoms with Gasteiger partial charge in [0, 0.05) is 20.8 Å². The summed E-state index contributed by atoms with van der Waals surface area (Å²) >= 11 is 4.75. The largest absolute Gasteiger partial charge is 0.392 e. The van der Waals surface area contributed by atoms with Gasteiger partial charge in [0.1, 0.15) is 0 Å². The molecule has 0 fully saturated rings.